The van der Waals surface area contributed by atoms with Crippen LogP contribution in [0.3, 0.4) is 0 Å². The van der Waals surface area contributed by atoms with Gasteiger partial charge in [0, 0.05) is 18.8 Å². The SMILES string of the molecule is CCCNC(Cc1ccccc1)Cc1cnn(CC)c1. The van der Waals surface area contributed by atoms with Crippen molar-refractivity contribution in [2.24, 2.45) is 0 Å². The lowest BCUT2D eigenvalue weighted by atomic mass is 10.0. The lowest BCUT2D eigenvalue weighted by Gasteiger charge is -2.18. The summed E-state index contributed by atoms with van der Waals surface area (Å²) in [4.78, 5) is 0. The number of rotatable bonds is 8. The molecule has 0 spiro atoms. The molecule has 2 rings (SSSR count). The molecular formula is C17H25N3. The summed E-state index contributed by atoms with van der Waals surface area (Å²) in [6.45, 7) is 6.33. The molecular weight excluding hydrogens is 246 g/mol. The fourth-order valence-corrected chi connectivity index (χ4v) is 2.43. The Labute approximate surface area is 122 Å². The number of nitrogens with zero attached hydrogens (tertiary/aromatic N) is 2. The summed E-state index contributed by atoms with van der Waals surface area (Å²) in [5.74, 6) is 0. The lowest BCUT2D eigenvalue weighted by Crippen LogP contribution is -2.33. The highest BCUT2D eigenvalue weighted by atomic mass is 15.3. The fourth-order valence-electron chi connectivity index (χ4n) is 2.43. The summed E-state index contributed by atoms with van der Waals surface area (Å²) in [7, 11) is 0. The largest absolute Gasteiger partial charge is 0.313 e. The predicted octanol–water partition coefficient (Wildman–Crippen LogP) is 3.06. The first-order valence-corrected chi connectivity index (χ1v) is 7.60. The summed E-state index contributed by atoms with van der Waals surface area (Å²) in [5.41, 5.74) is 2.71. The maximum absolute atomic E-state index is 4.36. The highest BCUT2D eigenvalue weighted by Crippen LogP contribution is 2.09. The van der Waals surface area contributed by atoms with Crippen molar-refractivity contribution >= 4 is 0 Å². The first-order valence-electron chi connectivity index (χ1n) is 7.60. The Balaban J connectivity index is 1.99. The summed E-state index contributed by atoms with van der Waals surface area (Å²) >= 11 is 0. The number of benzene rings is 1. The second-order valence-electron chi connectivity index (χ2n) is 5.25. The number of aromatic nitrogens is 2. The molecule has 1 unspecified atom stereocenters. The molecule has 0 saturated carbocycles. The molecule has 1 aromatic carbocycles. The van der Waals surface area contributed by atoms with Crippen LogP contribution in [0.1, 0.15) is 31.4 Å². The summed E-state index contributed by atoms with van der Waals surface area (Å²) < 4.78 is 1.99. The normalized spacial score (nSPS) is 12.5. The van der Waals surface area contributed by atoms with Gasteiger partial charge in [0.15, 0.2) is 0 Å². The maximum atomic E-state index is 4.36. The molecule has 1 aromatic heterocycles. The van der Waals surface area contributed by atoms with Gasteiger partial charge in [-0.1, -0.05) is 37.3 Å². The summed E-state index contributed by atoms with van der Waals surface area (Å²) in [5, 5.41) is 8.02. The van der Waals surface area contributed by atoms with Crippen molar-refractivity contribution in [3.8, 4) is 0 Å². The van der Waals surface area contributed by atoms with E-state index < -0.39 is 0 Å². The monoisotopic (exact) mass is 271 g/mol. The molecule has 2 aromatic rings. The summed E-state index contributed by atoms with van der Waals surface area (Å²) in [6.07, 6.45) is 7.42. The van der Waals surface area contributed by atoms with Crippen molar-refractivity contribution in [1.29, 1.82) is 0 Å². The second kappa shape index (κ2) is 7.85. The van der Waals surface area contributed by atoms with Crippen molar-refractivity contribution in [2.75, 3.05) is 6.54 Å². The van der Waals surface area contributed by atoms with Gasteiger partial charge in [-0.3, -0.25) is 4.68 Å². The Kier molecular flexibility index (Phi) is 5.81. The molecule has 0 saturated heterocycles. The van der Waals surface area contributed by atoms with Gasteiger partial charge in [0.1, 0.15) is 0 Å². The molecule has 1 N–H and O–H groups in total. The van der Waals surface area contributed by atoms with Gasteiger partial charge in [-0.25, -0.2) is 0 Å². The Morgan fingerprint density at radius 1 is 1.10 bits per heavy atom. The highest BCUT2D eigenvalue weighted by Gasteiger charge is 2.11. The molecule has 0 amide bonds. The minimum absolute atomic E-state index is 0.479. The topological polar surface area (TPSA) is 29.9 Å². The van der Waals surface area contributed by atoms with Crippen LogP contribution in [0.25, 0.3) is 0 Å². The molecule has 0 bridgehead atoms. The number of hydrogen-bond donors (Lipinski definition) is 1. The second-order valence-corrected chi connectivity index (χ2v) is 5.25. The molecule has 0 aliphatic rings. The highest BCUT2D eigenvalue weighted by molar-refractivity contribution is 5.17. The van der Waals surface area contributed by atoms with E-state index in [2.05, 4.69) is 60.8 Å². The van der Waals surface area contributed by atoms with E-state index in [9.17, 15) is 0 Å². The van der Waals surface area contributed by atoms with Crippen LogP contribution in [0.15, 0.2) is 42.7 Å². The van der Waals surface area contributed by atoms with Crippen molar-refractivity contribution in [2.45, 2.75) is 45.7 Å². The van der Waals surface area contributed by atoms with E-state index in [0.717, 1.165) is 25.9 Å². The molecule has 0 aliphatic carbocycles. The molecule has 1 heterocycles. The molecule has 0 radical (unpaired) electrons. The van der Waals surface area contributed by atoms with Crippen LogP contribution in [0.4, 0.5) is 0 Å². The van der Waals surface area contributed by atoms with Crippen LogP contribution in [-0.4, -0.2) is 22.4 Å². The number of nitrogens with one attached hydrogen (secondary N) is 1. The fraction of sp³-hybridized carbons (Fsp3) is 0.471. The number of hydrogen-bond acceptors (Lipinski definition) is 2. The smallest absolute Gasteiger partial charge is 0.0522 e. The lowest BCUT2D eigenvalue weighted by molar-refractivity contribution is 0.504. The van der Waals surface area contributed by atoms with Gasteiger partial charge < -0.3 is 5.32 Å². The zero-order valence-corrected chi connectivity index (χ0v) is 12.5. The van der Waals surface area contributed by atoms with Crippen LogP contribution in [0.2, 0.25) is 0 Å². The van der Waals surface area contributed by atoms with Crippen molar-refractivity contribution in [3.05, 3.63) is 53.9 Å². The van der Waals surface area contributed by atoms with Gasteiger partial charge in [-0.15, -0.1) is 0 Å². The molecule has 3 heteroatoms. The zero-order valence-electron chi connectivity index (χ0n) is 12.5. The quantitative estimate of drug-likeness (QED) is 0.799. The third-order valence-electron chi connectivity index (χ3n) is 3.50. The standard InChI is InChI=1S/C17H25N3/c1-3-10-18-17(11-15-8-6-5-7-9-15)12-16-13-19-20(4-2)14-16/h5-9,13-14,17-18H,3-4,10-12H2,1-2H3. The van der Waals surface area contributed by atoms with Crippen LogP contribution < -0.4 is 5.32 Å². The van der Waals surface area contributed by atoms with Crippen LogP contribution in [0.5, 0.6) is 0 Å². The van der Waals surface area contributed by atoms with Gasteiger partial charge >= 0.3 is 0 Å². The molecule has 0 fully saturated rings. The van der Waals surface area contributed by atoms with E-state index in [1.165, 1.54) is 17.5 Å². The third-order valence-corrected chi connectivity index (χ3v) is 3.50. The average Bonchev–Trinajstić information content (AvgIpc) is 2.93. The minimum Gasteiger partial charge on any atom is -0.313 e. The molecule has 108 valence electrons. The van der Waals surface area contributed by atoms with Crippen molar-refractivity contribution in [1.82, 2.24) is 15.1 Å². The van der Waals surface area contributed by atoms with Gasteiger partial charge in [0.2, 0.25) is 0 Å². The van der Waals surface area contributed by atoms with Gasteiger partial charge in [0.05, 0.1) is 6.20 Å². The van der Waals surface area contributed by atoms with E-state index in [4.69, 9.17) is 0 Å². The van der Waals surface area contributed by atoms with E-state index in [1.807, 2.05) is 10.9 Å². The third kappa shape index (κ3) is 4.49. The van der Waals surface area contributed by atoms with E-state index in [-0.39, 0.29) is 0 Å². The Morgan fingerprint density at radius 3 is 2.50 bits per heavy atom. The summed E-state index contributed by atoms with van der Waals surface area (Å²) in [6, 6.07) is 11.2. The zero-order chi connectivity index (χ0) is 14.2. The van der Waals surface area contributed by atoms with Crippen LogP contribution in [-0.2, 0) is 19.4 Å². The first kappa shape index (κ1) is 14.8. The van der Waals surface area contributed by atoms with Crippen molar-refractivity contribution < 1.29 is 0 Å². The van der Waals surface area contributed by atoms with Gasteiger partial charge in [0.25, 0.3) is 0 Å². The number of aryl methyl sites for hydroxylation is 1. The molecule has 3 nitrogen and oxygen atoms in total. The van der Waals surface area contributed by atoms with Crippen LogP contribution >= 0.6 is 0 Å². The Morgan fingerprint density at radius 2 is 1.85 bits per heavy atom. The Hall–Kier alpha value is -1.61. The molecule has 1 atom stereocenters. The Bertz CT molecular complexity index is 490. The maximum Gasteiger partial charge on any atom is 0.0522 e. The minimum atomic E-state index is 0.479. The van der Waals surface area contributed by atoms with Gasteiger partial charge in [-0.05, 0) is 43.9 Å². The van der Waals surface area contributed by atoms with E-state index in [1.54, 1.807) is 0 Å². The van der Waals surface area contributed by atoms with Crippen LogP contribution in [0, 0.1) is 0 Å². The predicted molar refractivity (Wildman–Crippen MR) is 83.8 cm³/mol. The van der Waals surface area contributed by atoms with Crippen molar-refractivity contribution in [3.63, 3.8) is 0 Å². The van der Waals surface area contributed by atoms with E-state index in [0.29, 0.717) is 6.04 Å². The van der Waals surface area contributed by atoms with Gasteiger partial charge in [-0.2, -0.15) is 5.10 Å². The molecule has 20 heavy (non-hydrogen) atoms. The first-order chi connectivity index (χ1) is 9.81. The average molecular weight is 271 g/mol. The molecule has 0 aliphatic heterocycles. The van der Waals surface area contributed by atoms with E-state index >= 15 is 0 Å².